The molecule has 7 nitrogen and oxygen atoms in total. The minimum atomic E-state index is 0.136. The maximum Gasteiger partial charge on any atom is 0.227 e. The summed E-state index contributed by atoms with van der Waals surface area (Å²) in [7, 11) is 0. The van der Waals surface area contributed by atoms with Crippen LogP contribution in [-0.2, 0) is 11.2 Å². The molecule has 0 radical (unpaired) electrons. The SMILES string of the molecule is Cc1cc(N2CCN(C(=O)Cc3c(C)nn(-c4ccc(Cl)cc4)c3C)CC2)nc(C)n1. The van der Waals surface area contributed by atoms with Gasteiger partial charge >= 0.3 is 0 Å². The van der Waals surface area contributed by atoms with E-state index < -0.39 is 0 Å². The van der Waals surface area contributed by atoms with Gasteiger partial charge in [-0.15, -0.1) is 0 Å². The lowest BCUT2D eigenvalue weighted by Crippen LogP contribution is -2.49. The lowest BCUT2D eigenvalue weighted by Gasteiger charge is -2.35. The molecule has 3 heterocycles. The fraction of sp³-hybridized carbons (Fsp3) is 0.391. The minimum Gasteiger partial charge on any atom is -0.353 e. The molecule has 0 atom stereocenters. The van der Waals surface area contributed by atoms with Crippen LogP contribution in [-0.4, -0.2) is 56.7 Å². The first-order valence-corrected chi connectivity index (χ1v) is 10.9. The first kappa shape index (κ1) is 21.3. The zero-order chi connectivity index (χ0) is 22.1. The first-order chi connectivity index (χ1) is 14.8. The Kier molecular flexibility index (Phi) is 5.96. The lowest BCUT2D eigenvalue weighted by atomic mass is 10.1. The highest BCUT2D eigenvalue weighted by molar-refractivity contribution is 6.30. The van der Waals surface area contributed by atoms with E-state index in [0.717, 1.165) is 53.1 Å². The molecule has 1 aliphatic rings. The van der Waals surface area contributed by atoms with Gasteiger partial charge in [-0.25, -0.2) is 14.6 Å². The second-order valence-corrected chi connectivity index (χ2v) is 8.43. The molecule has 0 bridgehead atoms. The van der Waals surface area contributed by atoms with Crippen LogP contribution in [0.2, 0.25) is 5.02 Å². The van der Waals surface area contributed by atoms with Crippen molar-refractivity contribution >= 4 is 23.3 Å². The van der Waals surface area contributed by atoms with Crippen LogP contribution in [0.4, 0.5) is 5.82 Å². The molecule has 2 aromatic heterocycles. The van der Waals surface area contributed by atoms with Gasteiger partial charge in [0.25, 0.3) is 0 Å². The quantitative estimate of drug-likeness (QED) is 0.624. The molecule has 0 unspecified atom stereocenters. The molecule has 4 rings (SSSR count). The Morgan fingerprint density at radius 2 is 1.68 bits per heavy atom. The van der Waals surface area contributed by atoms with Gasteiger partial charge in [-0.3, -0.25) is 4.79 Å². The predicted octanol–water partition coefficient (Wildman–Crippen LogP) is 3.44. The highest BCUT2D eigenvalue weighted by atomic mass is 35.5. The van der Waals surface area contributed by atoms with Gasteiger partial charge in [-0.2, -0.15) is 5.10 Å². The second-order valence-electron chi connectivity index (χ2n) is 8.00. The Labute approximate surface area is 187 Å². The van der Waals surface area contributed by atoms with E-state index in [1.807, 2.05) is 67.6 Å². The molecule has 1 aliphatic heterocycles. The van der Waals surface area contributed by atoms with Crippen molar-refractivity contribution in [3.05, 3.63) is 63.8 Å². The third-order valence-corrected chi connectivity index (χ3v) is 6.00. The molecule has 0 aliphatic carbocycles. The molecule has 31 heavy (non-hydrogen) atoms. The lowest BCUT2D eigenvalue weighted by molar-refractivity contribution is -0.130. The van der Waals surface area contributed by atoms with Crippen LogP contribution in [0.5, 0.6) is 0 Å². The topological polar surface area (TPSA) is 67.2 Å². The standard InChI is InChI=1S/C23H27ClN6O/c1-15-13-22(26-18(4)25-15)28-9-11-29(12-10-28)23(31)14-21-16(2)27-30(17(21)3)20-7-5-19(24)6-8-20/h5-8,13H,9-12,14H2,1-4H3. The number of hydrogen-bond donors (Lipinski definition) is 0. The largest absolute Gasteiger partial charge is 0.353 e. The Balaban J connectivity index is 1.43. The molecular weight excluding hydrogens is 412 g/mol. The van der Waals surface area contributed by atoms with Crippen LogP contribution >= 0.6 is 11.6 Å². The summed E-state index contributed by atoms with van der Waals surface area (Å²) in [5, 5.41) is 5.34. The number of carbonyl (C=O) groups is 1. The van der Waals surface area contributed by atoms with Crippen LogP contribution in [0.3, 0.4) is 0 Å². The maximum atomic E-state index is 13.0. The fourth-order valence-electron chi connectivity index (χ4n) is 4.07. The predicted molar refractivity (Wildman–Crippen MR) is 122 cm³/mol. The van der Waals surface area contributed by atoms with Crippen molar-refractivity contribution in [3.63, 3.8) is 0 Å². The number of hydrogen-bond acceptors (Lipinski definition) is 5. The summed E-state index contributed by atoms with van der Waals surface area (Å²) in [6, 6.07) is 9.56. The summed E-state index contributed by atoms with van der Waals surface area (Å²) in [6.07, 6.45) is 0.358. The molecule has 1 amide bonds. The molecule has 1 fully saturated rings. The molecule has 0 spiro atoms. The summed E-state index contributed by atoms with van der Waals surface area (Å²) >= 11 is 6.00. The molecule has 0 saturated carbocycles. The van der Waals surface area contributed by atoms with Gasteiger partial charge in [0, 0.05) is 54.2 Å². The summed E-state index contributed by atoms with van der Waals surface area (Å²) < 4.78 is 1.88. The molecule has 1 aromatic carbocycles. The summed E-state index contributed by atoms with van der Waals surface area (Å²) in [5.41, 5.74) is 4.76. The van der Waals surface area contributed by atoms with Gasteiger partial charge in [0.2, 0.25) is 5.91 Å². The molecule has 162 valence electrons. The Morgan fingerprint density at radius 1 is 1.00 bits per heavy atom. The minimum absolute atomic E-state index is 0.136. The number of amides is 1. The van der Waals surface area contributed by atoms with E-state index in [4.69, 9.17) is 11.6 Å². The zero-order valence-corrected chi connectivity index (χ0v) is 19.1. The van der Waals surface area contributed by atoms with Gasteiger partial charge in [0.05, 0.1) is 17.8 Å². The summed E-state index contributed by atoms with van der Waals surface area (Å²) in [6.45, 7) is 10.8. The number of carbonyl (C=O) groups excluding carboxylic acids is 1. The molecule has 0 N–H and O–H groups in total. The zero-order valence-electron chi connectivity index (χ0n) is 18.4. The third kappa shape index (κ3) is 4.56. The highest BCUT2D eigenvalue weighted by Gasteiger charge is 2.24. The molecule has 1 saturated heterocycles. The van der Waals surface area contributed by atoms with Crippen molar-refractivity contribution in [2.75, 3.05) is 31.1 Å². The van der Waals surface area contributed by atoms with Crippen LogP contribution in [0.1, 0.15) is 28.5 Å². The van der Waals surface area contributed by atoms with Crippen LogP contribution in [0.15, 0.2) is 30.3 Å². The van der Waals surface area contributed by atoms with Crippen molar-refractivity contribution in [2.45, 2.75) is 34.1 Å². The van der Waals surface area contributed by atoms with E-state index in [1.165, 1.54) is 0 Å². The van der Waals surface area contributed by atoms with Crippen molar-refractivity contribution in [3.8, 4) is 5.69 Å². The van der Waals surface area contributed by atoms with Crippen molar-refractivity contribution in [1.82, 2.24) is 24.6 Å². The van der Waals surface area contributed by atoms with E-state index >= 15 is 0 Å². The Hall–Kier alpha value is -2.93. The average molecular weight is 439 g/mol. The average Bonchev–Trinajstić information content (AvgIpc) is 3.02. The van der Waals surface area contributed by atoms with Gasteiger partial charge in [0.15, 0.2) is 0 Å². The maximum absolute atomic E-state index is 13.0. The first-order valence-electron chi connectivity index (χ1n) is 10.5. The van der Waals surface area contributed by atoms with Crippen molar-refractivity contribution in [2.24, 2.45) is 0 Å². The van der Waals surface area contributed by atoms with E-state index in [0.29, 0.717) is 24.5 Å². The number of anilines is 1. The van der Waals surface area contributed by atoms with E-state index in [9.17, 15) is 4.79 Å². The smallest absolute Gasteiger partial charge is 0.227 e. The van der Waals surface area contributed by atoms with Gasteiger partial charge in [-0.1, -0.05) is 11.6 Å². The highest BCUT2D eigenvalue weighted by Crippen LogP contribution is 2.21. The van der Waals surface area contributed by atoms with Crippen molar-refractivity contribution < 1.29 is 4.79 Å². The van der Waals surface area contributed by atoms with E-state index in [1.54, 1.807) is 0 Å². The summed E-state index contributed by atoms with van der Waals surface area (Å²) in [5.74, 6) is 1.85. The van der Waals surface area contributed by atoms with E-state index in [-0.39, 0.29) is 5.91 Å². The molecular formula is C23H27ClN6O. The van der Waals surface area contributed by atoms with Gasteiger partial charge in [-0.05, 0) is 52.0 Å². The van der Waals surface area contributed by atoms with Gasteiger partial charge < -0.3 is 9.80 Å². The fourth-order valence-corrected chi connectivity index (χ4v) is 4.20. The Bertz CT molecular complexity index is 1080. The Morgan fingerprint density at radius 3 is 2.32 bits per heavy atom. The van der Waals surface area contributed by atoms with E-state index in [2.05, 4.69) is 20.0 Å². The number of piperazine rings is 1. The number of benzene rings is 1. The van der Waals surface area contributed by atoms with Crippen LogP contribution in [0, 0.1) is 27.7 Å². The number of nitrogens with zero attached hydrogens (tertiary/aromatic N) is 6. The van der Waals surface area contributed by atoms with Gasteiger partial charge in [0.1, 0.15) is 11.6 Å². The number of aryl methyl sites for hydroxylation is 3. The number of aromatic nitrogens is 4. The monoisotopic (exact) mass is 438 g/mol. The number of rotatable bonds is 4. The summed E-state index contributed by atoms with van der Waals surface area (Å²) in [4.78, 5) is 26.1. The normalized spacial score (nSPS) is 14.2. The van der Waals surface area contributed by atoms with Crippen molar-refractivity contribution in [1.29, 1.82) is 0 Å². The van der Waals surface area contributed by atoms with Crippen LogP contribution < -0.4 is 4.90 Å². The number of halogens is 1. The third-order valence-electron chi connectivity index (χ3n) is 5.75. The van der Waals surface area contributed by atoms with Crippen LogP contribution in [0.25, 0.3) is 5.69 Å². The molecule has 8 heteroatoms. The molecule has 3 aromatic rings. The second kappa shape index (κ2) is 8.67.